The molecule has 25 heavy (non-hydrogen) atoms. The molecule has 0 aromatic heterocycles. The van der Waals surface area contributed by atoms with Crippen molar-refractivity contribution >= 4 is 50.2 Å². The van der Waals surface area contributed by atoms with Crippen LogP contribution in [0.2, 0.25) is 0 Å². The standard InChI is InChI=1S/C16H14BrN3O4S/c17-12-6-2-1-5-11(12)9-18-16(22)25-10-15(21)19-13-7-3-4-8-14(13)20(23)24/h1-8H,9-10H2,(H,18,22)(H,19,21). The van der Waals surface area contributed by atoms with Gasteiger partial charge in [0.05, 0.1) is 10.7 Å². The van der Waals surface area contributed by atoms with Gasteiger partial charge in [-0.15, -0.1) is 0 Å². The highest BCUT2D eigenvalue weighted by Gasteiger charge is 2.15. The fourth-order valence-electron chi connectivity index (χ4n) is 1.92. The van der Waals surface area contributed by atoms with Gasteiger partial charge in [0.2, 0.25) is 5.91 Å². The molecule has 2 rings (SSSR count). The van der Waals surface area contributed by atoms with Crippen molar-refractivity contribution in [1.29, 1.82) is 0 Å². The summed E-state index contributed by atoms with van der Waals surface area (Å²) in [7, 11) is 0. The first-order chi connectivity index (χ1) is 12.0. The molecule has 0 saturated heterocycles. The maximum atomic E-state index is 11.9. The van der Waals surface area contributed by atoms with Crippen LogP contribution in [-0.2, 0) is 11.3 Å². The minimum Gasteiger partial charge on any atom is -0.343 e. The molecule has 7 nitrogen and oxygen atoms in total. The van der Waals surface area contributed by atoms with Crippen molar-refractivity contribution in [3.05, 3.63) is 68.7 Å². The number of anilines is 1. The smallest absolute Gasteiger partial charge is 0.292 e. The molecule has 9 heteroatoms. The number of nitro groups is 1. The molecule has 0 heterocycles. The summed E-state index contributed by atoms with van der Waals surface area (Å²) in [5.41, 5.74) is 0.826. The molecule has 2 aromatic carbocycles. The van der Waals surface area contributed by atoms with Crippen molar-refractivity contribution in [3.8, 4) is 0 Å². The second kappa shape index (κ2) is 9.19. The zero-order valence-electron chi connectivity index (χ0n) is 12.9. The highest BCUT2D eigenvalue weighted by atomic mass is 79.9. The van der Waals surface area contributed by atoms with Gasteiger partial charge in [-0.25, -0.2) is 0 Å². The van der Waals surface area contributed by atoms with Crippen molar-refractivity contribution in [2.24, 2.45) is 0 Å². The van der Waals surface area contributed by atoms with E-state index in [9.17, 15) is 19.7 Å². The van der Waals surface area contributed by atoms with Crippen LogP contribution in [0.5, 0.6) is 0 Å². The number of nitrogens with one attached hydrogen (secondary N) is 2. The summed E-state index contributed by atoms with van der Waals surface area (Å²) in [6, 6.07) is 13.3. The van der Waals surface area contributed by atoms with Crippen LogP contribution in [0, 0.1) is 10.1 Å². The Kier molecular flexibility index (Phi) is 6.96. The van der Waals surface area contributed by atoms with E-state index in [0.717, 1.165) is 21.8 Å². The molecule has 0 unspecified atom stereocenters. The number of nitro benzene ring substituents is 1. The molecule has 2 N–H and O–H groups in total. The third-order valence-corrected chi connectivity index (χ3v) is 4.68. The Balaban J connectivity index is 1.81. The molecule has 0 saturated carbocycles. The van der Waals surface area contributed by atoms with E-state index in [0.29, 0.717) is 6.54 Å². The first kappa shape index (κ1) is 18.9. The van der Waals surface area contributed by atoms with Crippen LogP contribution in [0.15, 0.2) is 53.0 Å². The van der Waals surface area contributed by atoms with Gasteiger partial charge in [-0.2, -0.15) is 0 Å². The third-order valence-electron chi connectivity index (χ3n) is 3.09. The molecule has 130 valence electrons. The molecule has 0 fully saturated rings. The van der Waals surface area contributed by atoms with Gasteiger partial charge in [0.1, 0.15) is 5.69 Å². The monoisotopic (exact) mass is 423 g/mol. The van der Waals surface area contributed by atoms with Crippen LogP contribution < -0.4 is 10.6 Å². The number of benzene rings is 2. The number of carbonyl (C=O) groups is 2. The summed E-state index contributed by atoms with van der Waals surface area (Å²) in [4.78, 5) is 34.0. The van der Waals surface area contributed by atoms with Gasteiger partial charge < -0.3 is 10.6 Å². The zero-order valence-corrected chi connectivity index (χ0v) is 15.3. The topological polar surface area (TPSA) is 101 Å². The van der Waals surface area contributed by atoms with Crippen molar-refractivity contribution in [2.75, 3.05) is 11.1 Å². The maximum absolute atomic E-state index is 11.9. The number of hydrogen-bond acceptors (Lipinski definition) is 5. The highest BCUT2D eigenvalue weighted by Crippen LogP contribution is 2.23. The van der Waals surface area contributed by atoms with Crippen molar-refractivity contribution < 1.29 is 14.5 Å². The van der Waals surface area contributed by atoms with E-state index in [1.807, 2.05) is 24.3 Å². The molecule has 0 bridgehead atoms. The fourth-order valence-corrected chi connectivity index (χ4v) is 2.85. The minimum absolute atomic E-state index is 0.103. The first-order valence-corrected chi connectivity index (χ1v) is 8.92. The maximum Gasteiger partial charge on any atom is 0.292 e. The van der Waals surface area contributed by atoms with Crippen LogP contribution in [0.4, 0.5) is 16.2 Å². The van der Waals surface area contributed by atoms with E-state index in [2.05, 4.69) is 26.6 Å². The van der Waals surface area contributed by atoms with E-state index < -0.39 is 10.8 Å². The van der Waals surface area contributed by atoms with Crippen LogP contribution >= 0.6 is 27.7 Å². The van der Waals surface area contributed by atoms with Crippen LogP contribution in [-0.4, -0.2) is 21.8 Å². The number of hydrogen-bond donors (Lipinski definition) is 2. The molecule has 0 atom stereocenters. The van der Waals surface area contributed by atoms with Gasteiger partial charge in [-0.1, -0.05) is 58.0 Å². The number of halogens is 1. The lowest BCUT2D eigenvalue weighted by molar-refractivity contribution is -0.383. The predicted octanol–water partition coefficient (Wildman–Crippen LogP) is 3.94. The van der Waals surface area contributed by atoms with Gasteiger partial charge in [-0.3, -0.25) is 19.7 Å². The van der Waals surface area contributed by atoms with Gasteiger partial charge in [0.15, 0.2) is 0 Å². The Hall–Kier alpha value is -2.39. The predicted molar refractivity (Wildman–Crippen MR) is 101 cm³/mol. The van der Waals surface area contributed by atoms with Crippen molar-refractivity contribution in [3.63, 3.8) is 0 Å². The van der Waals surface area contributed by atoms with Gasteiger partial charge in [0.25, 0.3) is 10.9 Å². The number of para-hydroxylation sites is 2. The lowest BCUT2D eigenvalue weighted by atomic mass is 10.2. The quantitative estimate of drug-likeness (QED) is 0.541. The molecule has 0 aliphatic heterocycles. The molecule has 2 aromatic rings. The number of amides is 2. The number of carbonyl (C=O) groups excluding carboxylic acids is 2. The largest absolute Gasteiger partial charge is 0.343 e. The van der Waals surface area contributed by atoms with E-state index in [4.69, 9.17) is 0 Å². The van der Waals surface area contributed by atoms with E-state index in [1.165, 1.54) is 18.2 Å². The second-order valence-electron chi connectivity index (χ2n) is 4.84. The van der Waals surface area contributed by atoms with Gasteiger partial charge in [-0.05, 0) is 17.7 Å². The Morgan fingerprint density at radius 3 is 2.52 bits per heavy atom. The van der Waals surface area contributed by atoms with Crippen molar-refractivity contribution in [1.82, 2.24) is 5.32 Å². The highest BCUT2D eigenvalue weighted by molar-refractivity contribution is 9.10. The SMILES string of the molecule is O=C(CSC(=O)NCc1ccccc1Br)Nc1ccccc1[N+](=O)[O-]. The first-order valence-electron chi connectivity index (χ1n) is 7.14. The average molecular weight is 424 g/mol. The summed E-state index contributed by atoms with van der Waals surface area (Å²) in [6.07, 6.45) is 0. The zero-order chi connectivity index (χ0) is 18.2. The molecule has 0 spiro atoms. The van der Waals surface area contributed by atoms with E-state index in [1.54, 1.807) is 6.07 Å². The van der Waals surface area contributed by atoms with Crippen molar-refractivity contribution in [2.45, 2.75) is 6.54 Å². The second-order valence-corrected chi connectivity index (χ2v) is 6.65. The summed E-state index contributed by atoms with van der Waals surface area (Å²) in [6.45, 7) is 0.332. The molecule has 0 radical (unpaired) electrons. The van der Waals surface area contributed by atoms with Gasteiger partial charge in [0, 0.05) is 17.1 Å². The molecular formula is C16H14BrN3O4S. The Labute approximate surface area is 156 Å². The van der Waals surface area contributed by atoms with Crippen LogP contribution in [0.1, 0.15) is 5.56 Å². The number of rotatable bonds is 6. The molecular weight excluding hydrogens is 410 g/mol. The summed E-state index contributed by atoms with van der Waals surface area (Å²) < 4.78 is 0.884. The third kappa shape index (κ3) is 5.87. The molecule has 0 aliphatic rings. The average Bonchev–Trinajstić information content (AvgIpc) is 2.59. The lowest BCUT2D eigenvalue weighted by Crippen LogP contribution is -2.22. The minimum atomic E-state index is -0.576. The van der Waals surface area contributed by atoms with Crippen LogP contribution in [0.25, 0.3) is 0 Å². The number of nitrogens with zero attached hydrogens (tertiary/aromatic N) is 1. The normalized spacial score (nSPS) is 10.1. The number of thioether (sulfide) groups is 1. The van der Waals surface area contributed by atoms with E-state index in [-0.39, 0.29) is 22.4 Å². The fraction of sp³-hybridized carbons (Fsp3) is 0.125. The van der Waals surface area contributed by atoms with E-state index >= 15 is 0 Å². The molecule has 2 amide bonds. The summed E-state index contributed by atoms with van der Waals surface area (Å²) in [5, 5.41) is 15.7. The Morgan fingerprint density at radius 1 is 1.12 bits per heavy atom. The summed E-state index contributed by atoms with van der Waals surface area (Å²) in [5.74, 6) is -0.635. The molecule has 0 aliphatic carbocycles. The summed E-state index contributed by atoms with van der Waals surface area (Å²) >= 11 is 4.18. The Morgan fingerprint density at radius 2 is 1.80 bits per heavy atom. The van der Waals surface area contributed by atoms with Gasteiger partial charge >= 0.3 is 0 Å². The lowest BCUT2D eigenvalue weighted by Gasteiger charge is -2.07. The Bertz CT molecular complexity index is 800. The van der Waals surface area contributed by atoms with Crippen LogP contribution in [0.3, 0.4) is 0 Å².